The van der Waals surface area contributed by atoms with Crippen LogP contribution in [0.5, 0.6) is 11.5 Å². The first-order valence-electron chi connectivity index (χ1n) is 11.8. The second-order valence-corrected chi connectivity index (χ2v) is 10.6. The Balaban J connectivity index is 1.52. The van der Waals surface area contributed by atoms with E-state index in [1.165, 1.54) is 11.3 Å². The van der Waals surface area contributed by atoms with Gasteiger partial charge in [0.1, 0.15) is 13.2 Å². The van der Waals surface area contributed by atoms with Crippen LogP contribution < -0.4 is 9.47 Å². The highest BCUT2D eigenvalue weighted by molar-refractivity contribution is 7.13. The lowest BCUT2D eigenvalue weighted by molar-refractivity contribution is -0.137. The van der Waals surface area contributed by atoms with Gasteiger partial charge in [0.2, 0.25) is 0 Å². The highest BCUT2D eigenvalue weighted by atomic mass is 35.5. The predicted molar refractivity (Wildman–Crippen MR) is 133 cm³/mol. The molecule has 1 aromatic carbocycles. The van der Waals surface area contributed by atoms with Gasteiger partial charge >= 0.3 is 6.18 Å². The first-order valence-corrected chi connectivity index (χ1v) is 13.0. The van der Waals surface area contributed by atoms with Gasteiger partial charge in [-0.2, -0.15) is 13.2 Å². The van der Waals surface area contributed by atoms with Gasteiger partial charge in [-0.1, -0.05) is 11.6 Å². The third-order valence-electron chi connectivity index (χ3n) is 6.23. The summed E-state index contributed by atoms with van der Waals surface area (Å²) >= 11 is 7.68. The third kappa shape index (κ3) is 5.71. The maximum absolute atomic E-state index is 13.2. The lowest BCUT2D eigenvalue weighted by Crippen LogP contribution is -2.31. The van der Waals surface area contributed by atoms with Gasteiger partial charge < -0.3 is 19.1 Å². The molecule has 0 aliphatic carbocycles. The minimum atomic E-state index is -4.56. The van der Waals surface area contributed by atoms with Crippen molar-refractivity contribution in [3.05, 3.63) is 62.4 Å². The number of rotatable bonds is 5. The van der Waals surface area contributed by atoms with Gasteiger partial charge in [-0.05, 0) is 50.1 Å². The number of ether oxygens (including phenoxy) is 3. The molecule has 0 radical (unpaired) electrons. The maximum atomic E-state index is 13.2. The van der Waals surface area contributed by atoms with Crippen LogP contribution in [-0.4, -0.2) is 48.3 Å². The van der Waals surface area contributed by atoms with Crippen LogP contribution >= 0.6 is 22.9 Å². The zero-order valence-electron chi connectivity index (χ0n) is 19.9. The van der Waals surface area contributed by atoms with Crippen molar-refractivity contribution in [1.29, 1.82) is 0 Å². The van der Waals surface area contributed by atoms with Crippen LogP contribution in [0.2, 0.25) is 5.02 Å². The number of fused-ring (bicyclic) bond motifs is 1. The van der Waals surface area contributed by atoms with Crippen molar-refractivity contribution in [1.82, 2.24) is 9.88 Å². The lowest BCUT2D eigenvalue weighted by atomic mass is 10.0. The number of carbonyl (C=O) groups is 1. The molecule has 0 unspecified atom stereocenters. The molecule has 0 N–H and O–H groups in total. The highest BCUT2D eigenvalue weighted by Gasteiger charge is 2.32. The van der Waals surface area contributed by atoms with Crippen LogP contribution in [0.3, 0.4) is 0 Å². The van der Waals surface area contributed by atoms with E-state index in [2.05, 4.69) is 4.98 Å². The van der Waals surface area contributed by atoms with E-state index in [-0.39, 0.29) is 35.9 Å². The van der Waals surface area contributed by atoms with Gasteiger partial charge in [-0.3, -0.25) is 9.78 Å². The topological polar surface area (TPSA) is 60.9 Å². The Morgan fingerprint density at radius 3 is 2.78 bits per heavy atom. The first kappa shape index (κ1) is 25.8. The van der Waals surface area contributed by atoms with Crippen molar-refractivity contribution in [2.45, 2.75) is 38.6 Å². The smallest absolute Gasteiger partial charge is 0.417 e. The maximum Gasteiger partial charge on any atom is 0.417 e. The van der Waals surface area contributed by atoms with E-state index in [0.29, 0.717) is 47.3 Å². The van der Waals surface area contributed by atoms with Crippen molar-refractivity contribution in [2.75, 3.05) is 26.4 Å². The van der Waals surface area contributed by atoms with E-state index in [0.717, 1.165) is 30.0 Å². The largest absolute Gasteiger partial charge is 0.487 e. The number of hydrogen-bond acceptors (Lipinski definition) is 6. The molecular weight excluding hydrogens is 529 g/mol. The number of nitrogens with zero attached hydrogens (tertiary/aromatic N) is 2. The Morgan fingerprint density at radius 2 is 2.11 bits per heavy atom. The Kier molecular flexibility index (Phi) is 7.33. The molecule has 4 heterocycles. The molecule has 1 amide bonds. The molecule has 2 aliphatic rings. The molecule has 196 valence electrons. The summed E-state index contributed by atoms with van der Waals surface area (Å²) < 4.78 is 57.3. The minimum absolute atomic E-state index is 0.0574. The molecular formula is C26H24ClF3N2O4S. The highest BCUT2D eigenvalue weighted by Crippen LogP contribution is 2.41. The number of halogens is 4. The third-order valence-corrected chi connectivity index (χ3v) is 7.51. The number of thiophene rings is 1. The van der Waals surface area contributed by atoms with Crippen molar-refractivity contribution in [2.24, 2.45) is 0 Å². The summed E-state index contributed by atoms with van der Waals surface area (Å²) in [6.45, 7) is 3.76. The summed E-state index contributed by atoms with van der Waals surface area (Å²) in [4.78, 5) is 20.6. The van der Waals surface area contributed by atoms with Crippen molar-refractivity contribution < 1.29 is 32.2 Å². The van der Waals surface area contributed by atoms with Crippen LogP contribution in [0, 0.1) is 6.92 Å². The van der Waals surface area contributed by atoms with Crippen molar-refractivity contribution >= 4 is 28.8 Å². The van der Waals surface area contributed by atoms with Crippen LogP contribution in [0.15, 0.2) is 36.5 Å². The second-order valence-electron chi connectivity index (χ2n) is 8.95. The standard InChI is InChI=1S/C26H24ClF3N2O4S/c1-15-4-5-22(37-15)25(33)32-6-8-35-24-17(13-32)9-16(10-21(24)36-14-19-3-2-7-34-19)23-20(27)11-18(12-31-23)26(28,29)30/h4-5,9-12,19H,2-3,6-8,13-14H2,1H3/t19-/m0/s1. The lowest BCUT2D eigenvalue weighted by Gasteiger charge is -2.20. The molecule has 2 aromatic heterocycles. The summed E-state index contributed by atoms with van der Waals surface area (Å²) in [5.41, 5.74) is 0.356. The van der Waals surface area contributed by atoms with Gasteiger partial charge in [0, 0.05) is 35.4 Å². The van der Waals surface area contributed by atoms with Gasteiger partial charge in [0.15, 0.2) is 11.5 Å². The zero-order chi connectivity index (χ0) is 26.2. The monoisotopic (exact) mass is 552 g/mol. The molecule has 2 aliphatic heterocycles. The molecule has 1 fully saturated rings. The number of amides is 1. The van der Waals surface area contributed by atoms with E-state index in [1.807, 2.05) is 13.0 Å². The number of pyridine rings is 1. The number of aromatic nitrogens is 1. The van der Waals surface area contributed by atoms with Gasteiger partial charge in [0.05, 0.1) is 33.8 Å². The number of benzene rings is 1. The molecule has 1 saturated heterocycles. The average molecular weight is 553 g/mol. The molecule has 6 nitrogen and oxygen atoms in total. The fourth-order valence-corrected chi connectivity index (χ4v) is 5.48. The summed E-state index contributed by atoms with van der Waals surface area (Å²) in [6, 6.07) is 7.95. The quantitative estimate of drug-likeness (QED) is 0.367. The van der Waals surface area contributed by atoms with Crippen LogP contribution in [0.1, 0.15) is 38.5 Å². The molecule has 11 heteroatoms. The van der Waals surface area contributed by atoms with Crippen molar-refractivity contribution in [3.8, 4) is 22.8 Å². The van der Waals surface area contributed by atoms with Crippen LogP contribution in [-0.2, 0) is 17.5 Å². The molecule has 5 rings (SSSR count). The SMILES string of the molecule is Cc1ccc(C(=O)N2CCOc3c(cc(-c4ncc(C(F)(F)F)cc4Cl)cc3OC[C@@H]3CCCO3)C2)s1. The molecule has 37 heavy (non-hydrogen) atoms. The van der Waals surface area contributed by atoms with Crippen LogP contribution in [0.4, 0.5) is 13.2 Å². The number of hydrogen-bond donors (Lipinski definition) is 0. The van der Waals surface area contributed by atoms with Crippen molar-refractivity contribution in [3.63, 3.8) is 0 Å². The van der Waals surface area contributed by atoms with Gasteiger partial charge in [-0.25, -0.2) is 0 Å². The van der Waals surface area contributed by atoms with E-state index >= 15 is 0 Å². The number of carbonyl (C=O) groups excluding carboxylic acids is 1. The molecule has 0 bridgehead atoms. The normalized spacial score (nSPS) is 17.8. The molecule has 0 spiro atoms. The minimum Gasteiger partial charge on any atom is -0.487 e. The Labute approximate surface area is 220 Å². The number of alkyl halides is 3. The summed E-state index contributed by atoms with van der Waals surface area (Å²) in [5.74, 6) is 0.775. The Bertz CT molecular complexity index is 1310. The molecule has 0 saturated carbocycles. The summed E-state index contributed by atoms with van der Waals surface area (Å²) in [6.07, 6.45) is -2.04. The fraction of sp³-hybridized carbons (Fsp3) is 0.385. The van der Waals surface area contributed by atoms with E-state index < -0.39 is 11.7 Å². The summed E-state index contributed by atoms with van der Waals surface area (Å²) in [5, 5.41) is -0.142. The second kappa shape index (κ2) is 10.5. The van der Waals surface area contributed by atoms with Crippen LogP contribution in [0.25, 0.3) is 11.3 Å². The zero-order valence-corrected chi connectivity index (χ0v) is 21.5. The fourth-order valence-electron chi connectivity index (χ4n) is 4.37. The Hall–Kier alpha value is -2.82. The molecule has 3 aromatic rings. The van der Waals surface area contributed by atoms with E-state index in [1.54, 1.807) is 23.1 Å². The average Bonchev–Trinajstić information content (AvgIpc) is 3.48. The van der Waals surface area contributed by atoms with E-state index in [9.17, 15) is 18.0 Å². The van der Waals surface area contributed by atoms with Gasteiger partial charge in [-0.15, -0.1) is 11.3 Å². The molecule has 1 atom stereocenters. The van der Waals surface area contributed by atoms with Gasteiger partial charge in [0.25, 0.3) is 5.91 Å². The predicted octanol–water partition coefficient (Wildman–Crippen LogP) is 6.38. The Morgan fingerprint density at radius 1 is 1.27 bits per heavy atom. The first-order chi connectivity index (χ1) is 17.7. The number of aryl methyl sites for hydroxylation is 1. The van der Waals surface area contributed by atoms with E-state index in [4.69, 9.17) is 25.8 Å². The summed E-state index contributed by atoms with van der Waals surface area (Å²) in [7, 11) is 0.